The van der Waals surface area contributed by atoms with Gasteiger partial charge in [0.1, 0.15) is 5.75 Å². The predicted octanol–water partition coefficient (Wildman–Crippen LogP) is 0.380. The van der Waals surface area contributed by atoms with Crippen molar-refractivity contribution in [1.82, 2.24) is 9.80 Å². The molecule has 2 aliphatic heterocycles. The number of likely N-dealkylation sites (tertiary alicyclic amines) is 1. The van der Waals surface area contributed by atoms with Crippen molar-refractivity contribution >= 4 is 15.7 Å². The summed E-state index contributed by atoms with van der Waals surface area (Å²) in [5.74, 6) is -0.0531. The Morgan fingerprint density at radius 3 is 2.45 bits per heavy atom. The zero-order valence-electron chi connectivity index (χ0n) is 13.7. The van der Waals surface area contributed by atoms with E-state index in [0.717, 1.165) is 32.7 Å². The van der Waals surface area contributed by atoms with Crippen LogP contribution in [-0.4, -0.2) is 81.1 Å². The number of carbonyl (C=O) groups is 1. The minimum Gasteiger partial charge on any atom is -0.379 e. The average Bonchev–Trinajstić information content (AvgIpc) is 2.92. The molecule has 6 nitrogen and oxygen atoms in total. The molecule has 2 atom stereocenters. The number of hydrogen-bond donors (Lipinski definition) is 0. The van der Waals surface area contributed by atoms with Crippen molar-refractivity contribution in [3.05, 3.63) is 0 Å². The van der Waals surface area contributed by atoms with E-state index in [2.05, 4.69) is 11.8 Å². The van der Waals surface area contributed by atoms with E-state index in [9.17, 15) is 13.2 Å². The van der Waals surface area contributed by atoms with Crippen molar-refractivity contribution < 1.29 is 17.9 Å². The number of amides is 1. The molecular formula is C15H28N2O4S. The highest BCUT2D eigenvalue weighted by molar-refractivity contribution is 7.92. The van der Waals surface area contributed by atoms with Gasteiger partial charge in [-0.15, -0.1) is 0 Å². The summed E-state index contributed by atoms with van der Waals surface area (Å²) in [6.45, 7) is 8.57. The number of nitrogens with zero attached hydrogens (tertiary/aromatic N) is 2. The third kappa shape index (κ3) is 4.43. The first kappa shape index (κ1) is 17.7. The van der Waals surface area contributed by atoms with Crippen LogP contribution in [0.15, 0.2) is 0 Å². The molecule has 0 aromatic rings. The van der Waals surface area contributed by atoms with E-state index in [4.69, 9.17) is 4.74 Å². The van der Waals surface area contributed by atoms with Gasteiger partial charge < -0.3 is 9.64 Å². The lowest BCUT2D eigenvalue weighted by Gasteiger charge is -2.34. The zero-order valence-corrected chi connectivity index (χ0v) is 14.5. The molecule has 2 aliphatic rings. The van der Waals surface area contributed by atoms with Gasteiger partial charge in [-0.25, -0.2) is 8.42 Å². The third-order valence-corrected chi connectivity index (χ3v) is 6.37. The number of rotatable bonds is 6. The highest BCUT2D eigenvalue weighted by Crippen LogP contribution is 2.25. The van der Waals surface area contributed by atoms with Gasteiger partial charge in [0.2, 0.25) is 5.91 Å². The fourth-order valence-electron chi connectivity index (χ4n) is 3.44. The maximum Gasteiger partial charge on any atom is 0.237 e. The Labute approximate surface area is 133 Å². The summed E-state index contributed by atoms with van der Waals surface area (Å²) < 4.78 is 29.1. The van der Waals surface area contributed by atoms with Gasteiger partial charge in [0.15, 0.2) is 9.84 Å². The van der Waals surface area contributed by atoms with Gasteiger partial charge in [-0.1, -0.05) is 20.3 Å². The van der Waals surface area contributed by atoms with Gasteiger partial charge in [-0.05, 0) is 12.3 Å². The predicted molar refractivity (Wildman–Crippen MR) is 85.5 cm³/mol. The first-order chi connectivity index (χ1) is 10.5. The molecule has 0 aromatic carbocycles. The normalized spacial score (nSPS) is 27.3. The number of carbonyl (C=O) groups excluding carboxylic acids is 1. The van der Waals surface area contributed by atoms with Crippen LogP contribution >= 0.6 is 0 Å². The lowest BCUT2D eigenvalue weighted by Crippen LogP contribution is -2.47. The molecule has 0 radical (unpaired) electrons. The molecule has 0 saturated carbocycles. The SMILES string of the molecule is CCCS(=O)(=O)CC(=O)N1C[C@H](CC)[C@H](N2CCOCC2)C1. The van der Waals surface area contributed by atoms with E-state index in [1.54, 1.807) is 4.90 Å². The van der Waals surface area contributed by atoms with Crippen LogP contribution in [0, 0.1) is 5.92 Å². The topological polar surface area (TPSA) is 66.9 Å². The van der Waals surface area contributed by atoms with Gasteiger partial charge in [0.05, 0.1) is 19.0 Å². The molecule has 22 heavy (non-hydrogen) atoms. The standard InChI is InChI=1S/C15H28N2O4S/c1-3-9-22(19,20)12-15(18)17-10-13(4-2)14(11-17)16-5-7-21-8-6-16/h13-14H,3-12H2,1-2H3/t13-,14+/m0/s1. The van der Waals surface area contributed by atoms with E-state index < -0.39 is 9.84 Å². The van der Waals surface area contributed by atoms with Crippen molar-refractivity contribution in [2.75, 3.05) is 50.9 Å². The molecule has 0 unspecified atom stereocenters. The average molecular weight is 332 g/mol. The van der Waals surface area contributed by atoms with Crippen LogP contribution in [-0.2, 0) is 19.4 Å². The molecule has 2 saturated heterocycles. The van der Waals surface area contributed by atoms with Gasteiger partial charge in [-0.2, -0.15) is 0 Å². The van der Waals surface area contributed by atoms with E-state index >= 15 is 0 Å². The zero-order chi connectivity index (χ0) is 16.2. The minimum absolute atomic E-state index is 0.0939. The molecule has 2 heterocycles. The summed E-state index contributed by atoms with van der Waals surface area (Å²) in [4.78, 5) is 16.5. The Balaban J connectivity index is 1.97. The first-order valence-corrected chi connectivity index (χ1v) is 10.1. The fraction of sp³-hybridized carbons (Fsp3) is 0.933. The number of sulfone groups is 1. The van der Waals surface area contributed by atoms with Crippen molar-refractivity contribution in [2.24, 2.45) is 5.92 Å². The summed E-state index contributed by atoms with van der Waals surface area (Å²) in [7, 11) is -3.26. The van der Waals surface area contributed by atoms with Gasteiger partial charge >= 0.3 is 0 Å². The second kappa shape index (κ2) is 7.75. The highest BCUT2D eigenvalue weighted by Gasteiger charge is 2.38. The minimum atomic E-state index is -3.26. The molecule has 1 amide bonds. The maximum absolute atomic E-state index is 12.3. The molecule has 0 N–H and O–H groups in total. The molecule has 7 heteroatoms. The van der Waals surface area contributed by atoms with Crippen LogP contribution in [0.25, 0.3) is 0 Å². The second-order valence-corrected chi connectivity index (χ2v) is 8.46. The Morgan fingerprint density at radius 2 is 1.86 bits per heavy atom. The van der Waals surface area contributed by atoms with E-state index in [-0.39, 0.29) is 17.4 Å². The molecule has 0 aliphatic carbocycles. The van der Waals surface area contributed by atoms with Crippen molar-refractivity contribution in [3.8, 4) is 0 Å². The molecular weight excluding hydrogens is 304 g/mol. The lowest BCUT2D eigenvalue weighted by molar-refractivity contribution is -0.127. The van der Waals surface area contributed by atoms with Crippen molar-refractivity contribution in [2.45, 2.75) is 32.7 Å². The maximum atomic E-state index is 12.3. The molecule has 128 valence electrons. The van der Waals surface area contributed by atoms with Crippen molar-refractivity contribution in [1.29, 1.82) is 0 Å². The van der Waals surface area contributed by atoms with Crippen LogP contribution in [0.4, 0.5) is 0 Å². The van der Waals surface area contributed by atoms with E-state index in [1.165, 1.54) is 0 Å². The van der Waals surface area contributed by atoms with Crippen molar-refractivity contribution in [3.63, 3.8) is 0 Å². The van der Waals surface area contributed by atoms with Gasteiger partial charge in [-0.3, -0.25) is 9.69 Å². The summed E-state index contributed by atoms with van der Waals surface area (Å²) in [5, 5.41) is 0. The third-order valence-electron chi connectivity index (χ3n) is 4.66. The molecule has 0 aromatic heterocycles. The number of ether oxygens (including phenoxy) is 1. The fourth-order valence-corrected chi connectivity index (χ4v) is 4.77. The molecule has 0 spiro atoms. The summed E-state index contributed by atoms with van der Waals surface area (Å²) >= 11 is 0. The molecule has 2 fully saturated rings. The number of morpholine rings is 1. The summed E-state index contributed by atoms with van der Waals surface area (Å²) in [6, 6.07) is 0.340. The first-order valence-electron chi connectivity index (χ1n) is 8.26. The monoisotopic (exact) mass is 332 g/mol. The van der Waals surface area contributed by atoms with Crippen LogP contribution in [0.1, 0.15) is 26.7 Å². The second-order valence-electron chi connectivity index (χ2n) is 6.27. The van der Waals surface area contributed by atoms with E-state index in [0.29, 0.717) is 31.5 Å². The van der Waals surface area contributed by atoms with Gasteiger partial charge in [0, 0.05) is 32.2 Å². The lowest BCUT2D eigenvalue weighted by atomic mass is 9.99. The van der Waals surface area contributed by atoms with Crippen LogP contribution in [0.3, 0.4) is 0 Å². The van der Waals surface area contributed by atoms with Crippen LogP contribution in [0.5, 0.6) is 0 Å². The summed E-state index contributed by atoms with van der Waals surface area (Å²) in [5.41, 5.74) is 0. The Bertz CT molecular complexity index is 474. The Morgan fingerprint density at radius 1 is 1.18 bits per heavy atom. The highest BCUT2D eigenvalue weighted by atomic mass is 32.2. The number of hydrogen-bond acceptors (Lipinski definition) is 5. The Kier molecular flexibility index (Phi) is 6.23. The summed E-state index contributed by atoms with van der Waals surface area (Å²) in [6.07, 6.45) is 1.57. The van der Waals surface area contributed by atoms with Crippen LogP contribution in [0.2, 0.25) is 0 Å². The molecule has 0 bridgehead atoms. The van der Waals surface area contributed by atoms with Crippen LogP contribution < -0.4 is 0 Å². The quantitative estimate of drug-likeness (QED) is 0.703. The largest absolute Gasteiger partial charge is 0.379 e. The molecule has 2 rings (SSSR count). The Hall–Kier alpha value is -0.660. The smallest absolute Gasteiger partial charge is 0.237 e. The van der Waals surface area contributed by atoms with E-state index in [1.807, 2.05) is 6.92 Å². The van der Waals surface area contributed by atoms with Gasteiger partial charge in [0.25, 0.3) is 0 Å².